The second-order valence-corrected chi connectivity index (χ2v) is 5.02. The van der Waals surface area contributed by atoms with Crippen LogP contribution in [0.3, 0.4) is 0 Å². The van der Waals surface area contributed by atoms with E-state index < -0.39 is 0 Å². The summed E-state index contributed by atoms with van der Waals surface area (Å²) in [6.45, 7) is 5.16. The van der Waals surface area contributed by atoms with Crippen molar-refractivity contribution in [1.82, 2.24) is 19.8 Å². The lowest BCUT2D eigenvalue weighted by Crippen LogP contribution is -2.32. The van der Waals surface area contributed by atoms with Gasteiger partial charge < -0.3 is 10.2 Å². The van der Waals surface area contributed by atoms with Crippen molar-refractivity contribution in [1.29, 1.82) is 0 Å². The Balaban J connectivity index is 2.47. The molecule has 0 amide bonds. The van der Waals surface area contributed by atoms with Crippen molar-refractivity contribution in [2.75, 3.05) is 33.7 Å². The largest absolute Gasteiger partial charge is 0.314 e. The first kappa shape index (κ1) is 14.3. The van der Waals surface area contributed by atoms with Crippen molar-refractivity contribution >= 4 is 15.9 Å². The number of hydrogen-bond donors (Lipinski definition) is 1. The summed E-state index contributed by atoms with van der Waals surface area (Å²) < 4.78 is 2.18. The molecule has 0 aliphatic heterocycles. The lowest BCUT2D eigenvalue weighted by Gasteiger charge is -2.12. The highest BCUT2D eigenvalue weighted by atomic mass is 79.9. The summed E-state index contributed by atoms with van der Waals surface area (Å²) in [5.41, 5.74) is -0.0214. The van der Waals surface area contributed by atoms with Crippen LogP contribution in [-0.4, -0.2) is 48.2 Å². The third kappa shape index (κ3) is 4.57. The lowest BCUT2D eigenvalue weighted by atomic mass is 10.5. The number of hydrogen-bond acceptors (Lipinski definition) is 4. The quantitative estimate of drug-likeness (QED) is 0.776. The molecule has 1 rings (SSSR count). The second kappa shape index (κ2) is 6.88. The Labute approximate surface area is 110 Å². The van der Waals surface area contributed by atoms with Crippen LogP contribution in [0.4, 0.5) is 0 Å². The molecule has 0 saturated heterocycles. The third-order valence-corrected chi connectivity index (χ3v) is 3.00. The summed E-state index contributed by atoms with van der Waals surface area (Å²) in [6, 6.07) is 0. The molecule has 1 aromatic rings. The highest BCUT2D eigenvalue weighted by Crippen LogP contribution is 2.00. The summed E-state index contributed by atoms with van der Waals surface area (Å²) in [5, 5.41) is 3.29. The Bertz CT molecular complexity index is 416. The van der Waals surface area contributed by atoms with Gasteiger partial charge in [0.2, 0.25) is 0 Å². The van der Waals surface area contributed by atoms with Crippen LogP contribution in [0.1, 0.15) is 5.82 Å². The maximum Gasteiger partial charge on any atom is 0.267 e. The Hall–Kier alpha value is -0.720. The lowest BCUT2D eigenvalue weighted by molar-refractivity contribution is 0.397. The molecule has 0 radical (unpaired) electrons. The molecule has 0 spiro atoms. The summed E-state index contributed by atoms with van der Waals surface area (Å²) in [7, 11) is 4.07. The van der Waals surface area contributed by atoms with Crippen LogP contribution < -0.4 is 10.9 Å². The zero-order valence-electron chi connectivity index (χ0n) is 10.5. The SMILES string of the molecule is Cc1ncc(Br)c(=O)n1CCNCCN(C)C. The average Bonchev–Trinajstić information content (AvgIpc) is 2.27. The van der Waals surface area contributed by atoms with E-state index in [2.05, 4.69) is 31.1 Å². The van der Waals surface area contributed by atoms with Gasteiger partial charge in [-0.1, -0.05) is 0 Å². The molecule has 0 aliphatic carbocycles. The van der Waals surface area contributed by atoms with Crippen molar-refractivity contribution in [2.24, 2.45) is 0 Å². The van der Waals surface area contributed by atoms with Gasteiger partial charge in [-0.3, -0.25) is 9.36 Å². The van der Waals surface area contributed by atoms with Gasteiger partial charge in [0, 0.05) is 32.4 Å². The number of aryl methyl sites for hydroxylation is 1. The number of nitrogens with zero attached hydrogens (tertiary/aromatic N) is 3. The van der Waals surface area contributed by atoms with Crippen LogP contribution in [0.2, 0.25) is 0 Å². The van der Waals surface area contributed by atoms with Crippen LogP contribution in [0.15, 0.2) is 15.5 Å². The van der Waals surface area contributed by atoms with Crippen LogP contribution in [0.5, 0.6) is 0 Å². The first-order valence-electron chi connectivity index (χ1n) is 5.59. The van der Waals surface area contributed by atoms with Crippen molar-refractivity contribution in [2.45, 2.75) is 13.5 Å². The van der Waals surface area contributed by atoms with E-state index in [9.17, 15) is 4.79 Å². The van der Waals surface area contributed by atoms with E-state index in [4.69, 9.17) is 0 Å². The van der Waals surface area contributed by atoms with E-state index in [1.54, 1.807) is 10.8 Å². The molecule has 0 atom stereocenters. The Morgan fingerprint density at radius 3 is 2.82 bits per heavy atom. The molecule has 5 nitrogen and oxygen atoms in total. The van der Waals surface area contributed by atoms with E-state index in [-0.39, 0.29) is 5.56 Å². The van der Waals surface area contributed by atoms with Crippen molar-refractivity contribution in [3.05, 3.63) is 26.8 Å². The number of nitrogens with one attached hydrogen (secondary N) is 1. The fraction of sp³-hybridized carbons (Fsp3) is 0.636. The molecule has 1 N–H and O–H groups in total. The number of halogens is 1. The smallest absolute Gasteiger partial charge is 0.267 e. The first-order valence-corrected chi connectivity index (χ1v) is 6.39. The Kier molecular flexibility index (Phi) is 5.80. The molecular formula is C11H19BrN4O. The molecule has 0 aliphatic rings. The average molecular weight is 303 g/mol. The number of likely N-dealkylation sites (N-methyl/N-ethyl adjacent to an activating group) is 1. The highest BCUT2D eigenvalue weighted by Gasteiger charge is 2.04. The number of aromatic nitrogens is 2. The fourth-order valence-corrected chi connectivity index (χ4v) is 1.75. The van der Waals surface area contributed by atoms with Gasteiger partial charge in [-0.2, -0.15) is 0 Å². The van der Waals surface area contributed by atoms with E-state index in [0.29, 0.717) is 11.0 Å². The van der Waals surface area contributed by atoms with Crippen molar-refractivity contribution < 1.29 is 0 Å². The summed E-state index contributed by atoms with van der Waals surface area (Å²) >= 11 is 3.20. The molecule has 96 valence electrons. The summed E-state index contributed by atoms with van der Waals surface area (Å²) in [4.78, 5) is 18.1. The molecule has 1 heterocycles. The highest BCUT2D eigenvalue weighted by molar-refractivity contribution is 9.10. The molecule has 1 aromatic heterocycles. The topological polar surface area (TPSA) is 50.2 Å². The van der Waals surface area contributed by atoms with Gasteiger partial charge in [0.1, 0.15) is 10.3 Å². The standard InChI is InChI=1S/C11H19BrN4O/c1-9-14-8-10(12)11(17)16(9)7-5-13-4-6-15(2)3/h8,13H,4-7H2,1-3H3. The maximum absolute atomic E-state index is 11.8. The molecule has 6 heteroatoms. The second-order valence-electron chi connectivity index (χ2n) is 4.16. The molecular weight excluding hydrogens is 284 g/mol. The summed E-state index contributed by atoms with van der Waals surface area (Å²) in [6.07, 6.45) is 1.55. The first-order chi connectivity index (χ1) is 8.02. The van der Waals surface area contributed by atoms with Crippen LogP contribution in [-0.2, 0) is 6.54 Å². The van der Waals surface area contributed by atoms with Gasteiger partial charge in [0.05, 0.1) is 0 Å². The zero-order chi connectivity index (χ0) is 12.8. The molecule has 17 heavy (non-hydrogen) atoms. The van der Waals surface area contributed by atoms with Crippen LogP contribution in [0.25, 0.3) is 0 Å². The molecule has 0 unspecified atom stereocenters. The van der Waals surface area contributed by atoms with Crippen molar-refractivity contribution in [3.63, 3.8) is 0 Å². The van der Waals surface area contributed by atoms with Gasteiger partial charge in [-0.05, 0) is 36.9 Å². The minimum Gasteiger partial charge on any atom is -0.314 e. The van der Waals surface area contributed by atoms with E-state index in [1.807, 2.05) is 21.0 Å². The van der Waals surface area contributed by atoms with Gasteiger partial charge in [0.15, 0.2) is 0 Å². The predicted molar refractivity (Wildman–Crippen MR) is 72.4 cm³/mol. The van der Waals surface area contributed by atoms with Gasteiger partial charge in [-0.25, -0.2) is 4.98 Å². The fourth-order valence-electron chi connectivity index (χ4n) is 1.43. The number of rotatable bonds is 6. The van der Waals surface area contributed by atoms with Gasteiger partial charge in [-0.15, -0.1) is 0 Å². The zero-order valence-corrected chi connectivity index (χ0v) is 12.1. The third-order valence-electron chi connectivity index (χ3n) is 2.45. The van der Waals surface area contributed by atoms with E-state index in [1.165, 1.54) is 0 Å². The maximum atomic E-state index is 11.8. The van der Waals surface area contributed by atoms with Gasteiger partial charge >= 0.3 is 0 Å². The van der Waals surface area contributed by atoms with Crippen molar-refractivity contribution in [3.8, 4) is 0 Å². The Morgan fingerprint density at radius 1 is 1.47 bits per heavy atom. The molecule has 0 bridgehead atoms. The summed E-state index contributed by atoms with van der Waals surface area (Å²) in [5.74, 6) is 0.743. The Morgan fingerprint density at radius 2 is 2.18 bits per heavy atom. The minimum absolute atomic E-state index is 0.0214. The molecule has 0 fully saturated rings. The minimum atomic E-state index is -0.0214. The van der Waals surface area contributed by atoms with Crippen LogP contribution >= 0.6 is 15.9 Å². The van der Waals surface area contributed by atoms with Gasteiger partial charge in [0.25, 0.3) is 5.56 Å². The van der Waals surface area contributed by atoms with Crippen LogP contribution in [0, 0.1) is 6.92 Å². The van der Waals surface area contributed by atoms with E-state index >= 15 is 0 Å². The molecule has 0 saturated carbocycles. The predicted octanol–water partition coefficient (Wildman–Crippen LogP) is 0.465. The monoisotopic (exact) mass is 302 g/mol. The van der Waals surface area contributed by atoms with E-state index in [0.717, 1.165) is 25.5 Å². The molecule has 0 aromatic carbocycles. The normalized spacial score (nSPS) is 11.1.